The third kappa shape index (κ3) is 26.0. The Kier molecular flexibility index (Phi) is 31.5. The van der Waals surface area contributed by atoms with Gasteiger partial charge in [0.25, 0.3) is 0 Å². The maximum Gasteiger partial charge on any atom is 0.306 e. The molecule has 0 radical (unpaired) electrons. The number of aliphatic hydroxyl groups excluding tert-OH is 4. The van der Waals surface area contributed by atoms with E-state index in [1.165, 1.54) is 32.1 Å². The van der Waals surface area contributed by atoms with Crippen LogP contribution in [0.2, 0.25) is 0 Å². The van der Waals surface area contributed by atoms with Gasteiger partial charge >= 0.3 is 11.9 Å². The Bertz CT molecular complexity index is 1110. The van der Waals surface area contributed by atoms with Gasteiger partial charge in [0.15, 0.2) is 12.4 Å². The first-order valence-electron chi connectivity index (χ1n) is 20.5. The number of unbranched alkanes of at least 4 members (excludes halogenated alkanes) is 9. The second-order valence-corrected chi connectivity index (χ2v) is 13.7. The Morgan fingerprint density at radius 2 is 1.13 bits per heavy atom. The smallest absolute Gasteiger partial charge is 0.306 e. The van der Waals surface area contributed by atoms with Gasteiger partial charge in [0, 0.05) is 12.8 Å². The van der Waals surface area contributed by atoms with E-state index < -0.39 is 55.4 Å². The van der Waals surface area contributed by atoms with Gasteiger partial charge in [-0.25, -0.2) is 0 Å². The largest absolute Gasteiger partial charge is 0.462 e. The van der Waals surface area contributed by atoms with Crippen LogP contribution < -0.4 is 0 Å². The van der Waals surface area contributed by atoms with E-state index in [4.69, 9.17) is 18.9 Å². The molecule has 10 heteroatoms. The van der Waals surface area contributed by atoms with E-state index in [-0.39, 0.29) is 26.1 Å². The first-order valence-corrected chi connectivity index (χ1v) is 20.5. The molecule has 1 rings (SSSR count). The molecule has 1 aliphatic heterocycles. The zero-order valence-electron chi connectivity index (χ0n) is 33.2. The minimum Gasteiger partial charge on any atom is -0.462 e. The summed E-state index contributed by atoms with van der Waals surface area (Å²) >= 11 is 0. The lowest BCUT2D eigenvalue weighted by atomic mass is 9.99. The second-order valence-electron chi connectivity index (χ2n) is 13.7. The summed E-state index contributed by atoms with van der Waals surface area (Å²) in [5.74, 6) is -0.926. The number of carbonyl (C=O) groups is 2. The van der Waals surface area contributed by atoms with Gasteiger partial charge in [-0.2, -0.15) is 0 Å². The molecule has 4 N–H and O–H groups in total. The van der Waals surface area contributed by atoms with Crippen molar-refractivity contribution in [1.29, 1.82) is 0 Å². The Morgan fingerprint density at radius 1 is 0.593 bits per heavy atom. The predicted octanol–water partition coefficient (Wildman–Crippen LogP) is 8.05. The molecule has 0 amide bonds. The monoisotopic (exact) mass is 761 g/mol. The lowest BCUT2D eigenvalue weighted by molar-refractivity contribution is -0.305. The minimum atomic E-state index is -1.61. The van der Waals surface area contributed by atoms with E-state index in [0.717, 1.165) is 64.2 Å². The molecule has 0 bridgehead atoms. The average molecular weight is 761 g/mol. The summed E-state index contributed by atoms with van der Waals surface area (Å²) in [4.78, 5) is 25.2. The van der Waals surface area contributed by atoms with Gasteiger partial charge < -0.3 is 39.4 Å². The van der Waals surface area contributed by atoms with Crippen LogP contribution in [0.5, 0.6) is 0 Å². The molecular weight excluding hydrogens is 688 g/mol. The van der Waals surface area contributed by atoms with Gasteiger partial charge in [0.1, 0.15) is 31.0 Å². The van der Waals surface area contributed by atoms with Crippen molar-refractivity contribution in [2.24, 2.45) is 0 Å². The molecule has 0 saturated carbocycles. The van der Waals surface area contributed by atoms with Crippen molar-refractivity contribution >= 4 is 11.9 Å². The Morgan fingerprint density at radius 3 is 1.72 bits per heavy atom. The lowest BCUT2D eigenvalue weighted by Gasteiger charge is -2.39. The van der Waals surface area contributed by atoms with Gasteiger partial charge in [-0.15, -0.1) is 0 Å². The predicted molar refractivity (Wildman–Crippen MR) is 214 cm³/mol. The maximum absolute atomic E-state index is 12.7. The van der Waals surface area contributed by atoms with E-state index >= 15 is 0 Å². The minimum absolute atomic E-state index is 0.102. The van der Waals surface area contributed by atoms with Gasteiger partial charge in [0.05, 0.1) is 13.2 Å². The first-order chi connectivity index (χ1) is 26.3. The average Bonchev–Trinajstić information content (AvgIpc) is 3.17. The Balaban J connectivity index is 2.43. The number of hydrogen-bond acceptors (Lipinski definition) is 10. The molecule has 0 aliphatic carbocycles. The highest BCUT2D eigenvalue weighted by Gasteiger charge is 2.44. The normalized spacial score (nSPS) is 21.5. The molecule has 0 spiro atoms. The summed E-state index contributed by atoms with van der Waals surface area (Å²) < 4.78 is 22.0. The number of allylic oxidation sites excluding steroid dienone is 12. The fraction of sp³-hybridized carbons (Fsp3) is 0.682. The zero-order valence-corrected chi connectivity index (χ0v) is 33.2. The first kappa shape index (κ1) is 49.2. The van der Waals surface area contributed by atoms with Crippen LogP contribution in [0.25, 0.3) is 0 Å². The van der Waals surface area contributed by atoms with Crippen LogP contribution >= 0.6 is 0 Å². The summed E-state index contributed by atoms with van der Waals surface area (Å²) in [5.41, 5.74) is 0. The summed E-state index contributed by atoms with van der Waals surface area (Å²) in [6, 6.07) is 0. The maximum atomic E-state index is 12.7. The molecule has 6 unspecified atom stereocenters. The molecule has 1 aliphatic rings. The van der Waals surface area contributed by atoms with Crippen molar-refractivity contribution < 1.29 is 49.0 Å². The van der Waals surface area contributed by atoms with E-state index in [9.17, 15) is 30.0 Å². The van der Waals surface area contributed by atoms with E-state index in [0.29, 0.717) is 12.8 Å². The molecule has 308 valence electrons. The van der Waals surface area contributed by atoms with Crippen molar-refractivity contribution in [3.8, 4) is 0 Å². The molecule has 1 fully saturated rings. The van der Waals surface area contributed by atoms with Crippen LogP contribution in [-0.2, 0) is 28.5 Å². The molecule has 0 aromatic heterocycles. The Labute approximate surface area is 325 Å². The summed E-state index contributed by atoms with van der Waals surface area (Å²) in [6.07, 6.45) is 35.0. The van der Waals surface area contributed by atoms with Crippen molar-refractivity contribution in [2.45, 2.75) is 173 Å². The van der Waals surface area contributed by atoms with Crippen LogP contribution in [0.15, 0.2) is 72.9 Å². The molecular formula is C44H72O10. The van der Waals surface area contributed by atoms with E-state index in [1.54, 1.807) is 0 Å². The SMILES string of the molecule is CC/C=C\C/C=C\C/C=C\C/C=C\CCC(=O)OC(COC(=O)CCCCCCC/C=C\C/C=C\CCCCCC)COC1OC(CO)C(O)C(O)C1O. The van der Waals surface area contributed by atoms with Crippen LogP contribution in [0, 0.1) is 0 Å². The molecule has 6 atom stereocenters. The third-order valence-corrected chi connectivity index (χ3v) is 8.84. The third-order valence-electron chi connectivity index (χ3n) is 8.84. The second kappa shape index (κ2) is 34.6. The van der Waals surface area contributed by atoms with E-state index in [2.05, 4.69) is 74.6 Å². The van der Waals surface area contributed by atoms with Crippen molar-refractivity contribution in [3.05, 3.63) is 72.9 Å². The van der Waals surface area contributed by atoms with Gasteiger partial charge in [0.2, 0.25) is 0 Å². The topological polar surface area (TPSA) is 152 Å². The zero-order chi connectivity index (χ0) is 39.5. The molecule has 0 aromatic carbocycles. The van der Waals surface area contributed by atoms with Crippen molar-refractivity contribution in [3.63, 3.8) is 0 Å². The highest BCUT2D eigenvalue weighted by atomic mass is 16.7. The van der Waals surface area contributed by atoms with Gasteiger partial charge in [-0.3, -0.25) is 9.59 Å². The molecule has 1 heterocycles. The molecule has 10 nitrogen and oxygen atoms in total. The molecule has 1 saturated heterocycles. The number of ether oxygens (including phenoxy) is 4. The number of aliphatic hydroxyl groups is 4. The van der Waals surface area contributed by atoms with Crippen LogP contribution in [0.4, 0.5) is 0 Å². The standard InChI is InChI=1S/C44H72O10/c1-3-5-7-9-11-13-15-17-18-19-21-22-24-26-28-30-32-39(46)51-35-37(36-52-44-43(50)42(49)41(48)38(34-45)54-44)53-40(47)33-31-29-27-25-23-20-16-14-12-10-8-6-4-2/h6,8,12-15,18-20,23,27,29,37-38,41-45,48-50H,3-5,7,9-11,16-17,21-22,24-26,28,30-36H2,1-2H3/b8-6-,14-12-,15-13-,19-18-,23-20-,29-27-. The number of esters is 2. The van der Waals surface area contributed by atoms with Crippen molar-refractivity contribution in [2.75, 3.05) is 19.8 Å². The number of rotatable bonds is 32. The van der Waals surface area contributed by atoms with Gasteiger partial charge in [-0.05, 0) is 70.6 Å². The van der Waals surface area contributed by atoms with Crippen molar-refractivity contribution in [1.82, 2.24) is 0 Å². The molecule has 0 aromatic rings. The van der Waals surface area contributed by atoms with Crippen LogP contribution in [-0.4, -0.2) is 89.0 Å². The molecule has 54 heavy (non-hydrogen) atoms. The quantitative estimate of drug-likeness (QED) is 0.0301. The Hall–Kier alpha value is -2.86. The highest BCUT2D eigenvalue weighted by Crippen LogP contribution is 2.22. The number of carbonyl (C=O) groups excluding carboxylic acids is 2. The fourth-order valence-corrected chi connectivity index (χ4v) is 5.58. The highest BCUT2D eigenvalue weighted by molar-refractivity contribution is 5.70. The van der Waals surface area contributed by atoms with Gasteiger partial charge in [-0.1, -0.05) is 125 Å². The van der Waals surface area contributed by atoms with E-state index in [1.807, 2.05) is 12.2 Å². The number of hydrogen-bond donors (Lipinski definition) is 4. The van der Waals surface area contributed by atoms with Crippen LogP contribution in [0.1, 0.15) is 136 Å². The lowest BCUT2D eigenvalue weighted by Crippen LogP contribution is -2.59. The fourth-order valence-electron chi connectivity index (χ4n) is 5.58. The van der Waals surface area contributed by atoms with Crippen LogP contribution in [0.3, 0.4) is 0 Å². The summed E-state index contributed by atoms with van der Waals surface area (Å²) in [7, 11) is 0. The summed E-state index contributed by atoms with van der Waals surface area (Å²) in [5, 5.41) is 39.9. The summed E-state index contributed by atoms with van der Waals surface area (Å²) in [6.45, 7) is 3.17.